The Balaban J connectivity index is 1.70. The Morgan fingerprint density at radius 3 is 2.68 bits per heavy atom. The van der Waals surface area contributed by atoms with E-state index in [1.165, 1.54) is 12.8 Å². The molecule has 0 spiro atoms. The molecule has 0 bridgehead atoms. The zero-order valence-corrected chi connectivity index (χ0v) is 15.0. The number of rotatable bonds is 4. The number of hydrogen-bond acceptors (Lipinski definition) is 4. The number of carbonyl (C=O) groups is 1. The van der Waals surface area contributed by atoms with Crippen LogP contribution in [0, 0.1) is 11.3 Å². The first-order valence-electron chi connectivity index (χ1n) is 8.53. The summed E-state index contributed by atoms with van der Waals surface area (Å²) in [5.74, 6) is 1.85. The van der Waals surface area contributed by atoms with Gasteiger partial charge in [-0.25, -0.2) is 0 Å². The van der Waals surface area contributed by atoms with Gasteiger partial charge < -0.3 is 14.7 Å². The second-order valence-electron chi connectivity index (χ2n) is 7.67. The van der Waals surface area contributed by atoms with E-state index in [1.807, 2.05) is 4.90 Å². The van der Waals surface area contributed by atoms with E-state index in [4.69, 9.17) is 4.74 Å². The molecule has 2 fully saturated rings. The molecule has 3 atom stereocenters. The molecule has 0 radical (unpaired) electrons. The molecule has 2 rings (SSSR count). The molecule has 5 heteroatoms. The zero-order chi connectivity index (χ0) is 16.2. The minimum absolute atomic E-state index is 0.0988. The van der Waals surface area contributed by atoms with Crippen LogP contribution >= 0.6 is 11.8 Å². The highest BCUT2D eigenvalue weighted by Gasteiger charge is 2.36. The molecule has 0 aromatic carbocycles. The zero-order valence-electron chi connectivity index (χ0n) is 14.2. The van der Waals surface area contributed by atoms with Crippen molar-refractivity contribution in [1.82, 2.24) is 4.90 Å². The van der Waals surface area contributed by atoms with Gasteiger partial charge in [0.1, 0.15) is 0 Å². The highest BCUT2D eigenvalue weighted by molar-refractivity contribution is 7.99. The van der Waals surface area contributed by atoms with Crippen molar-refractivity contribution in [1.29, 1.82) is 0 Å². The Bertz CT molecular complexity index is 363. The maximum absolute atomic E-state index is 12.3. The first kappa shape index (κ1) is 18.1. The van der Waals surface area contributed by atoms with E-state index in [2.05, 4.69) is 20.8 Å². The van der Waals surface area contributed by atoms with Gasteiger partial charge in [0.15, 0.2) is 0 Å². The van der Waals surface area contributed by atoms with Crippen molar-refractivity contribution >= 4 is 17.7 Å². The van der Waals surface area contributed by atoms with Crippen LogP contribution in [0.4, 0.5) is 0 Å². The van der Waals surface area contributed by atoms with Gasteiger partial charge in [0.05, 0.1) is 18.0 Å². The molecular weight excluding hydrogens is 298 g/mol. The third kappa shape index (κ3) is 5.14. The maximum atomic E-state index is 12.3. The predicted molar refractivity (Wildman–Crippen MR) is 91.1 cm³/mol. The number of hydrogen-bond donors (Lipinski definition) is 1. The van der Waals surface area contributed by atoms with Gasteiger partial charge in [-0.1, -0.05) is 20.8 Å². The summed E-state index contributed by atoms with van der Waals surface area (Å²) < 4.78 is 5.69. The van der Waals surface area contributed by atoms with Crippen LogP contribution in [0.3, 0.4) is 0 Å². The average Bonchev–Trinajstić information content (AvgIpc) is 2.46. The van der Waals surface area contributed by atoms with E-state index >= 15 is 0 Å². The number of β-amino-alcohol motifs (C(OH)–C–C–N with tert-alkyl or cyclic N) is 1. The number of ether oxygens (including phenoxy) is 1. The summed E-state index contributed by atoms with van der Waals surface area (Å²) >= 11 is 1.67. The molecule has 2 saturated heterocycles. The molecule has 128 valence electrons. The van der Waals surface area contributed by atoms with Gasteiger partial charge >= 0.3 is 0 Å². The summed E-state index contributed by atoms with van der Waals surface area (Å²) in [4.78, 5) is 14.1. The molecule has 0 unspecified atom stereocenters. The van der Waals surface area contributed by atoms with Crippen molar-refractivity contribution in [2.75, 3.05) is 31.2 Å². The highest BCUT2D eigenvalue weighted by Crippen LogP contribution is 2.34. The highest BCUT2D eigenvalue weighted by atomic mass is 32.2. The first-order chi connectivity index (χ1) is 10.4. The van der Waals surface area contributed by atoms with Crippen molar-refractivity contribution < 1.29 is 14.6 Å². The summed E-state index contributed by atoms with van der Waals surface area (Å²) in [7, 11) is 0. The number of thioether (sulfide) groups is 1. The van der Waals surface area contributed by atoms with Crippen molar-refractivity contribution in [2.45, 2.75) is 58.7 Å². The van der Waals surface area contributed by atoms with Crippen molar-refractivity contribution in [3.8, 4) is 0 Å². The van der Waals surface area contributed by atoms with Crippen LogP contribution in [0.2, 0.25) is 0 Å². The summed E-state index contributed by atoms with van der Waals surface area (Å²) in [6.07, 6.45) is 4.35. The van der Waals surface area contributed by atoms with E-state index < -0.39 is 6.10 Å². The molecule has 1 N–H and O–H groups in total. The van der Waals surface area contributed by atoms with Crippen molar-refractivity contribution in [2.24, 2.45) is 11.3 Å². The van der Waals surface area contributed by atoms with Gasteiger partial charge in [-0.3, -0.25) is 4.79 Å². The van der Waals surface area contributed by atoms with Gasteiger partial charge in [-0.05, 0) is 37.0 Å². The molecule has 2 aliphatic rings. The molecule has 2 heterocycles. The van der Waals surface area contributed by atoms with Gasteiger partial charge in [0.2, 0.25) is 5.91 Å². The second kappa shape index (κ2) is 8.02. The summed E-state index contributed by atoms with van der Waals surface area (Å²) in [5.41, 5.74) is 0.0988. The number of carbonyl (C=O) groups excluding carboxylic acids is 1. The Morgan fingerprint density at radius 2 is 2.09 bits per heavy atom. The van der Waals surface area contributed by atoms with E-state index in [0.29, 0.717) is 18.4 Å². The van der Waals surface area contributed by atoms with Gasteiger partial charge in [0, 0.05) is 25.4 Å². The Hall–Kier alpha value is -0.260. The largest absolute Gasteiger partial charge is 0.391 e. The lowest BCUT2D eigenvalue weighted by Crippen LogP contribution is -2.50. The molecule has 22 heavy (non-hydrogen) atoms. The number of aliphatic hydroxyl groups is 1. The van der Waals surface area contributed by atoms with E-state index in [0.717, 1.165) is 31.7 Å². The Kier molecular flexibility index (Phi) is 6.59. The fraction of sp³-hybridized carbons (Fsp3) is 0.941. The van der Waals surface area contributed by atoms with E-state index in [-0.39, 0.29) is 17.2 Å². The van der Waals surface area contributed by atoms with Gasteiger partial charge in [0.25, 0.3) is 0 Å². The lowest BCUT2D eigenvalue weighted by Gasteiger charge is -2.42. The average molecular weight is 330 g/mol. The number of likely N-dealkylation sites (tertiary alicyclic amines) is 1. The van der Waals surface area contributed by atoms with Crippen LogP contribution in [0.25, 0.3) is 0 Å². The Labute approximate surface area is 139 Å². The number of nitrogens with zero attached hydrogens (tertiary/aromatic N) is 1. The lowest BCUT2D eigenvalue weighted by atomic mass is 9.74. The first-order valence-corrected chi connectivity index (χ1v) is 9.68. The van der Waals surface area contributed by atoms with Crippen LogP contribution in [0.15, 0.2) is 0 Å². The lowest BCUT2D eigenvalue weighted by molar-refractivity contribution is -0.134. The van der Waals surface area contributed by atoms with E-state index in [9.17, 15) is 9.90 Å². The predicted octanol–water partition coefficient (Wildman–Crippen LogP) is 2.54. The number of amides is 1. The molecule has 0 aliphatic carbocycles. The van der Waals surface area contributed by atoms with Crippen LogP contribution in [-0.4, -0.2) is 59.3 Å². The quantitative estimate of drug-likeness (QED) is 0.861. The molecule has 0 aromatic rings. The number of piperidine rings is 1. The fourth-order valence-corrected chi connectivity index (χ4v) is 4.48. The minimum Gasteiger partial charge on any atom is -0.391 e. The summed E-state index contributed by atoms with van der Waals surface area (Å²) in [6, 6.07) is 0. The molecule has 4 nitrogen and oxygen atoms in total. The summed E-state index contributed by atoms with van der Waals surface area (Å²) in [5, 5.41) is 10.3. The van der Waals surface area contributed by atoms with E-state index in [1.54, 1.807) is 11.8 Å². The normalized spacial score (nSPS) is 30.4. The van der Waals surface area contributed by atoms with Crippen molar-refractivity contribution in [3.05, 3.63) is 0 Å². The second-order valence-corrected chi connectivity index (χ2v) is 8.70. The van der Waals surface area contributed by atoms with Crippen LogP contribution < -0.4 is 0 Å². The standard InChI is InChI=1S/C17H31NO3S/c1-17(2,3)14-7-8-18(10-15(14)19)16(20)12-22-11-13-6-4-5-9-21-13/h13-15,19H,4-12H2,1-3H3/t13-,14-,15-/m1/s1. The van der Waals surface area contributed by atoms with Crippen LogP contribution in [0.5, 0.6) is 0 Å². The molecular formula is C17H31NO3S. The molecule has 1 amide bonds. The topological polar surface area (TPSA) is 49.8 Å². The van der Waals surface area contributed by atoms with Gasteiger partial charge in [-0.2, -0.15) is 0 Å². The van der Waals surface area contributed by atoms with Crippen LogP contribution in [-0.2, 0) is 9.53 Å². The van der Waals surface area contributed by atoms with Crippen LogP contribution in [0.1, 0.15) is 46.5 Å². The maximum Gasteiger partial charge on any atom is 0.232 e. The smallest absolute Gasteiger partial charge is 0.232 e. The third-order valence-electron chi connectivity index (χ3n) is 4.85. The summed E-state index contributed by atoms with van der Waals surface area (Å²) in [6.45, 7) is 8.63. The third-order valence-corrected chi connectivity index (χ3v) is 5.91. The minimum atomic E-state index is -0.399. The monoisotopic (exact) mass is 329 g/mol. The van der Waals surface area contributed by atoms with Crippen molar-refractivity contribution in [3.63, 3.8) is 0 Å². The fourth-order valence-electron chi connectivity index (χ4n) is 3.48. The molecule has 2 aliphatic heterocycles. The SMILES string of the molecule is CC(C)(C)[C@@H]1CCN(C(=O)CSC[C@H]2CCCCO2)C[C@H]1O. The number of aliphatic hydroxyl groups excluding tert-OH is 1. The Morgan fingerprint density at radius 1 is 1.32 bits per heavy atom. The molecule has 0 aromatic heterocycles. The van der Waals surface area contributed by atoms with Gasteiger partial charge in [-0.15, -0.1) is 11.8 Å². The molecule has 0 saturated carbocycles.